The molecule has 0 radical (unpaired) electrons. The first-order chi connectivity index (χ1) is 7.31. The molecule has 3 rings (SSSR count). The van der Waals surface area contributed by atoms with Crippen LogP contribution in [-0.2, 0) is 0 Å². The molecular weight excluding hydrogens is 254 g/mol. The summed E-state index contributed by atoms with van der Waals surface area (Å²) < 4.78 is 1.03. The van der Waals surface area contributed by atoms with E-state index in [0.717, 1.165) is 16.3 Å². The average Bonchev–Trinajstić information content (AvgIpc) is 2.83. The number of nitrogens with zero attached hydrogens (tertiary/aromatic N) is 1. The molecule has 2 aliphatic rings. The summed E-state index contributed by atoms with van der Waals surface area (Å²) in [7, 11) is 0. The third kappa shape index (κ3) is 1.88. The van der Waals surface area contributed by atoms with E-state index in [1.54, 1.807) is 0 Å². The summed E-state index contributed by atoms with van der Waals surface area (Å²) >= 11 is 3.39. The van der Waals surface area contributed by atoms with Crippen molar-refractivity contribution in [3.8, 4) is 0 Å². The molecule has 2 bridgehead atoms. The molecule has 3 nitrogen and oxygen atoms in total. The van der Waals surface area contributed by atoms with Gasteiger partial charge in [0.15, 0.2) is 0 Å². The van der Waals surface area contributed by atoms with Crippen molar-refractivity contribution in [3.05, 3.63) is 22.8 Å². The molecular formula is C11H14BrN3. The lowest BCUT2D eigenvalue weighted by molar-refractivity contribution is 0.526. The Hall–Kier alpha value is -0.610. The van der Waals surface area contributed by atoms with Gasteiger partial charge in [0.25, 0.3) is 0 Å². The number of nitrogens with one attached hydrogen (secondary N) is 2. The van der Waals surface area contributed by atoms with Crippen LogP contribution in [0.3, 0.4) is 0 Å². The maximum absolute atomic E-state index is 4.34. The summed E-state index contributed by atoms with van der Waals surface area (Å²) in [6, 6.07) is 6.01. The third-order valence-electron chi connectivity index (χ3n) is 3.36. The van der Waals surface area contributed by atoms with E-state index in [1.165, 1.54) is 19.3 Å². The Bertz CT molecular complexity index is 351. The maximum atomic E-state index is 4.34. The lowest BCUT2D eigenvalue weighted by atomic mass is 9.95. The van der Waals surface area contributed by atoms with Crippen LogP contribution in [0.5, 0.6) is 0 Å². The van der Waals surface area contributed by atoms with Gasteiger partial charge in [-0.1, -0.05) is 0 Å². The molecule has 3 heterocycles. The summed E-state index contributed by atoms with van der Waals surface area (Å²) in [5.41, 5.74) is 0. The lowest BCUT2D eigenvalue weighted by Gasteiger charge is -2.21. The van der Waals surface area contributed by atoms with Gasteiger partial charge in [-0.25, -0.2) is 4.98 Å². The molecule has 2 aliphatic heterocycles. The predicted octanol–water partition coefficient (Wildman–Crippen LogP) is 2.15. The molecule has 0 aromatic carbocycles. The highest BCUT2D eigenvalue weighted by atomic mass is 79.9. The van der Waals surface area contributed by atoms with Crippen molar-refractivity contribution in [2.75, 3.05) is 5.32 Å². The van der Waals surface area contributed by atoms with Crippen molar-refractivity contribution in [2.24, 2.45) is 0 Å². The zero-order valence-electron chi connectivity index (χ0n) is 8.41. The fourth-order valence-electron chi connectivity index (χ4n) is 2.63. The van der Waals surface area contributed by atoms with Crippen LogP contribution in [-0.4, -0.2) is 23.1 Å². The zero-order chi connectivity index (χ0) is 10.3. The summed E-state index contributed by atoms with van der Waals surface area (Å²) in [6.07, 6.45) is 5.72. The minimum Gasteiger partial charge on any atom is -0.366 e. The quantitative estimate of drug-likeness (QED) is 0.863. The topological polar surface area (TPSA) is 37.0 Å². The molecule has 0 aliphatic carbocycles. The normalized spacial score (nSPS) is 33.3. The summed E-state index contributed by atoms with van der Waals surface area (Å²) in [4.78, 5) is 4.34. The van der Waals surface area contributed by atoms with Gasteiger partial charge in [-0.3, -0.25) is 0 Å². The minimum absolute atomic E-state index is 0.567. The third-order valence-corrected chi connectivity index (χ3v) is 3.83. The van der Waals surface area contributed by atoms with E-state index in [2.05, 4.69) is 31.5 Å². The fraction of sp³-hybridized carbons (Fsp3) is 0.545. The SMILES string of the molecule is Brc1ccc(N[C@@H]2C[C@H]3CC[C@@H]2N3)nc1. The molecule has 3 atom stereocenters. The Morgan fingerprint density at radius 2 is 2.33 bits per heavy atom. The van der Waals surface area contributed by atoms with Gasteiger partial charge in [0.05, 0.1) is 0 Å². The molecule has 80 valence electrons. The highest BCUT2D eigenvalue weighted by Gasteiger charge is 2.38. The maximum Gasteiger partial charge on any atom is 0.126 e. The minimum atomic E-state index is 0.567. The van der Waals surface area contributed by atoms with Crippen molar-refractivity contribution < 1.29 is 0 Å². The number of rotatable bonds is 2. The van der Waals surface area contributed by atoms with Crippen LogP contribution in [0.15, 0.2) is 22.8 Å². The van der Waals surface area contributed by atoms with Crippen LogP contribution in [0.4, 0.5) is 5.82 Å². The highest BCUT2D eigenvalue weighted by molar-refractivity contribution is 9.10. The molecule has 2 saturated heterocycles. The molecule has 2 N–H and O–H groups in total. The van der Waals surface area contributed by atoms with E-state index in [4.69, 9.17) is 0 Å². The van der Waals surface area contributed by atoms with Crippen LogP contribution in [0.25, 0.3) is 0 Å². The number of hydrogen-bond acceptors (Lipinski definition) is 3. The van der Waals surface area contributed by atoms with Gasteiger partial charge in [0.2, 0.25) is 0 Å². The number of fused-ring (bicyclic) bond motifs is 2. The first kappa shape index (κ1) is 9.60. The molecule has 1 aromatic heterocycles. The lowest BCUT2D eigenvalue weighted by Crippen LogP contribution is -2.33. The van der Waals surface area contributed by atoms with E-state index >= 15 is 0 Å². The van der Waals surface area contributed by atoms with Crippen LogP contribution in [0, 0.1) is 0 Å². The van der Waals surface area contributed by atoms with E-state index in [1.807, 2.05) is 18.3 Å². The Labute approximate surface area is 97.8 Å². The number of pyridine rings is 1. The Kier molecular flexibility index (Phi) is 2.41. The average molecular weight is 268 g/mol. The predicted molar refractivity (Wildman–Crippen MR) is 63.9 cm³/mol. The van der Waals surface area contributed by atoms with Crippen LogP contribution < -0.4 is 10.6 Å². The van der Waals surface area contributed by atoms with E-state index < -0.39 is 0 Å². The summed E-state index contributed by atoms with van der Waals surface area (Å²) in [6.45, 7) is 0. The van der Waals surface area contributed by atoms with Crippen molar-refractivity contribution in [2.45, 2.75) is 37.4 Å². The van der Waals surface area contributed by atoms with E-state index in [0.29, 0.717) is 12.1 Å². The first-order valence-corrected chi connectivity index (χ1v) is 6.25. The second-order valence-corrected chi connectivity index (χ2v) is 5.31. The number of anilines is 1. The van der Waals surface area contributed by atoms with Crippen LogP contribution >= 0.6 is 15.9 Å². The second-order valence-electron chi connectivity index (χ2n) is 4.40. The van der Waals surface area contributed by atoms with Crippen LogP contribution in [0.2, 0.25) is 0 Å². The van der Waals surface area contributed by atoms with Gasteiger partial charge in [-0.2, -0.15) is 0 Å². The smallest absolute Gasteiger partial charge is 0.126 e. The van der Waals surface area contributed by atoms with Gasteiger partial charge >= 0.3 is 0 Å². The monoisotopic (exact) mass is 267 g/mol. The first-order valence-electron chi connectivity index (χ1n) is 5.45. The summed E-state index contributed by atoms with van der Waals surface area (Å²) in [5.74, 6) is 0.984. The van der Waals surface area contributed by atoms with Crippen molar-refractivity contribution in [3.63, 3.8) is 0 Å². The largest absolute Gasteiger partial charge is 0.366 e. The fourth-order valence-corrected chi connectivity index (χ4v) is 2.87. The van der Waals surface area contributed by atoms with Gasteiger partial charge in [0, 0.05) is 28.8 Å². The van der Waals surface area contributed by atoms with Crippen molar-refractivity contribution in [1.82, 2.24) is 10.3 Å². The van der Waals surface area contributed by atoms with Crippen molar-refractivity contribution >= 4 is 21.7 Å². The Morgan fingerprint density at radius 3 is 2.93 bits per heavy atom. The number of hydrogen-bond donors (Lipinski definition) is 2. The number of aromatic nitrogens is 1. The van der Waals surface area contributed by atoms with Crippen LogP contribution in [0.1, 0.15) is 19.3 Å². The highest BCUT2D eigenvalue weighted by Crippen LogP contribution is 2.30. The second kappa shape index (κ2) is 3.76. The standard InChI is InChI=1S/C11H14BrN3/c12-7-1-4-11(13-6-7)15-10-5-8-2-3-9(10)14-8/h1,4,6,8-10,14H,2-3,5H2,(H,13,15)/t8-,9+,10-/m1/s1. The Balaban J connectivity index is 1.68. The van der Waals surface area contributed by atoms with Gasteiger partial charge in [-0.15, -0.1) is 0 Å². The van der Waals surface area contributed by atoms with E-state index in [-0.39, 0.29) is 0 Å². The van der Waals surface area contributed by atoms with E-state index in [9.17, 15) is 0 Å². The van der Waals surface area contributed by atoms with Gasteiger partial charge in [0.1, 0.15) is 5.82 Å². The molecule has 0 spiro atoms. The molecule has 0 saturated carbocycles. The molecule has 1 aromatic rings. The molecule has 2 fully saturated rings. The Morgan fingerprint density at radius 1 is 1.40 bits per heavy atom. The number of halogens is 1. The van der Waals surface area contributed by atoms with Gasteiger partial charge < -0.3 is 10.6 Å². The molecule has 4 heteroatoms. The molecule has 0 unspecified atom stereocenters. The molecule has 15 heavy (non-hydrogen) atoms. The molecule has 0 amide bonds. The van der Waals surface area contributed by atoms with Crippen molar-refractivity contribution in [1.29, 1.82) is 0 Å². The zero-order valence-corrected chi connectivity index (χ0v) is 10.00. The summed E-state index contributed by atoms with van der Waals surface area (Å²) in [5, 5.41) is 7.12. The van der Waals surface area contributed by atoms with Gasteiger partial charge in [-0.05, 0) is 47.3 Å².